The lowest BCUT2D eigenvalue weighted by Crippen LogP contribution is -1.97. The average Bonchev–Trinajstić information content (AvgIpc) is 2.73. The lowest BCUT2D eigenvalue weighted by Gasteiger charge is -2.05. The summed E-state index contributed by atoms with van der Waals surface area (Å²) in [6.45, 7) is 5.95. The second-order valence-electron chi connectivity index (χ2n) is 5.54. The molecule has 0 N–H and O–H groups in total. The molecule has 2 heterocycles. The van der Waals surface area contributed by atoms with Crippen molar-refractivity contribution in [2.24, 2.45) is 0 Å². The van der Waals surface area contributed by atoms with Gasteiger partial charge in [0, 0.05) is 16.8 Å². The molecule has 104 valence electrons. The minimum atomic E-state index is -0.313. The molecule has 0 fully saturated rings. The van der Waals surface area contributed by atoms with Gasteiger partial charge in [-0.15, -0.1) is 0 Å². The standard InChI is InChI=1S/C18H14O3/c1-9-6-17(19)21-16-8-14-12(7-13(9)16)4-5-15-18(14)10(2)11(3)20-15/h4-8H,1-3H3. The third-order valence-electron chi connectivity index (χ3n) is 4.22. The van der Waals surface area contributed by atoms with Gasteiger partial charge in [-0.05, 0) is 60.9 Å². The Morgan fingerprint density at radius 2 is 1.67 bits per heavy atom. The van der Waals surface area contributed by atoms with E-state index in [4.69, 9.17) is 8.83 Å². The molecule has 3 nitrogen and oxygen atoms in total. The molecule has 0 saturated carbocycles. The van der Waals surface area contributed by atoms with Crippen LogP contribution in [-0.2, 0) is 0 Å². The summed E-state index contributed by atoms with van der Waals surface area (Å²) in [5.74, 6) is 0.920. The first-order valence-electron chi connectivity index (χ1n) is 6.91. The van der Waals surface area contributed by atoms with Gasteiger partial charge in [0.25, 0.3) is 0 Å². The zero-order valence-corrected chi connectivity index (χ0v) is 12.1. The highest BCUT2D eigenvalue weighted by atomic mass is 16.4. The maximum Gasteiger partial charge on any atom is 0.336 e. The zero-order chi connectivity index (χ0) is 14.7. The molecule has 0 amide bonds. The fourth-order valence-electron chi connectivity index (χ4n) is 3.01. The fraction of sp³-hybridized carbons (Fsp3) is 0.167. The summed E-state index contributed by atoms with van der Waals surface area (Å²) >= 11 is 0. The van der Waals surface area contributed by atoms with E-state index in [2.05, 4.69) is 13.0 Å². The van der Waals surface area contributed by atoms with E-state index >= 15 is 0 Å². The Labute approximate surface area is 120 Å². The van der Waals surface area contributed by atoms with Crippen LogP contribution in [0, 0.1) is 20.8 Å². The van der Waals surface area contributed by atoms with E-state index in [1.54, 1.807) is 0 Å². The Hall–Kier alpha value is -2.55. The topological polar surface area (TPSA) is 43.4 Å². The van der Waals surface area contributed by atoms with Gasteiger partial charge >= 0.3 is 5.63 Å². The normalized spacial score (nSPS) is 11.8. The van der Waals surface area contributed by atoms with Crippen LogP contribution in [0.25, 0.3) is 32.7 Å². The molecule has 21 heavy (non-hydrogen) atoms. The van der Waals surface area contributed by atoms with E-state index in [9.17, 15) is 4.79 Å². The number of aryl methyl sites for hydroxylation is 3. The lowest BCUT2D eigenvalue weighted by atomic mass is 10.0. The van der Waals surface area contributed by atoms with Crippen molar-refractivity contribution in [2.75, 3.05) is 0 Å². The monoisotopic (exact) mass is 278 g/mol. The van der Waals surface area contributed by atoms with Crippen LogP contribution in [0.5, 0.6) is 0 Å². The average molecular weight is 278 g/mol. The highest BCUT2D eigenvalue weighted by Gasteiger charge is 2.12. The molecule has 0 aliphatic rings. The van der Waals surface area contributed by atoms with Crippen molar-refractivity contribution in [3.8, 4) is 0 Å². The minimum Gasteiger partial charge on any atom is -0.461 e. The number of hydrogen-bond donors (Lipinski definition) is 0. The Bertz CT molecular complexity index is 1080. The largest absolute Gasteiger partial charge is 0.461 e. The summed E-state index contributed by atoms with van der Waals surface area (Å²) in [5.41, 5.74) is 3.24. The first-order chi connectivity index (χ1) is 10.0. The SMILES string of the molecule is Cc1oc2ccc3cc4c(C)cc(=O)oc4cc3c2c1C. The second kappa shape index (κ2) is 3.98. The van der Waals surface area contributed by atoms with Gasteiger partial charge in [0.2, 0.25) is 0 Å². The molecule has 3 heteroatoms. The molecule has 0 aliphatic heterocycles. The van der Waals surface area contributed by atoms with Crippen molar-refractivity contribution < 1.29 is 8.83 Å². The minimum absolute atomic E-state index is 0.313. The van der Waals surface area contributed by atoms with Gasteiger partial charge in [-0.1, -0.05) is 6.07 Å². The number of benzene rings is 2. The summed E-state index contributed by atoms with van der Waals surface area (Å²) in [6.07, 6.45) is 0. The first-order valence-corrected chi connectivity index (χ1v) is 6.91. The van der Waals surface area contributed by atoms with Crippen molar-refractivity contribution in [3.63, 3.8) is 0 Å². The number of furan rings is 1. The van der Waals surface area contributed by atoms with Gasteiger partial charge in [0.1, 0.15) is 16.9 Å². The molecule has 4 aromatic rings. The summed E-state index contributed by atoms with van der Waals surface area (Å²) in [4.78, 5) is 11.6. The van der Waals surface area contributed by atoms with Crippen molar-refractivity contribution in [3.05, 3.63) is 57.6 Å². The fourth-order valence-corrected chi connectivity index (χ4v) is 3.01. The quantitative estimate of drug-likeness (QED) is 0.348. The van der Waals surface area contributed by atoms with Gasteiger partial charge in [-0.25, -0.2) is 4.79 Å². The summed E-state index contributed by atoms with van der Waals surface area (Å²) in [6, 6.07) is 9.59. The molecule has 0 unspecified atom stereocenters. The maximum absolute atomic E-state index is 11.6. The van der Waals surface area contributed by atoms with Crippen LogP contribution in [-0.4, -0.2) is 0 Å². The van der Waals surface area contributed by atoms with Crippen molar-refractivity contribution >= 4 is 32.7 Å². The van der Waals surface area contributed by atoms with Gasteiger partial charge in [-0.3, -0.25) is 0 Å². The highest BCUT2D eigenvalue weighted by molar-refractivity contribution is 6.11. The van der Waals surface area contributed by atoms with E-state index in [1.807, 2.05) is 32.0 Å². The van der Waals surface area contributed by atoms with E-state index < -0.39 is 0 Å². The van der Waals surface area contributed by atoms with E-state index in [0.29, 0.717) is 5.58 Å². The molecule has 4 rings (SSSR count). The van der Waals surface area contributed by atoms with Crippen molar-refractivity contribution in [1.82, 2.24) is 0 Å². The zero-order valence-electron chi connectivity index (χ0n) is 12.1. The Balaban J connectivity index is 2.28. The number of fused-ring (bicyclic) bond motifs is 4. The van der Waals surface area contributed by atoms with Crippen molar-refractivity contribution in [1.29, 1.82) is 0 Å². The van der Waals surface area contributed by atoms with Gasteiger partial charge in [0.15, 0.2) is 0 Å². The molecule has 0 bridgehead atoms. The number of hydrogen-bond acceptors (Lipinski definition) is 3. The third-order valence-corrected chi connectivity index (χ3v) is 4.22. The van der Waals surface area contributed by atoms with Gasteiger partial charge < -0.3 is 8.83 Å². The predicted octanol–water partition coefficient (Wildman–Crippen LogP) is 4.62. The lowest BCUT2D eigenvalue weighted by molar-refractivity contribution is 0.560. The predicted molar refractivity (Wildman–Crippen MR) is 84.0 cm³/mol. The summed E-state index contributed by atoms with van der Waals surface area (Å²) in [7, 11) is 0. The van der Waals surface area contributed by atoms with Gasteiger partial charge in [-0.2, -0.15) is 0 Å². The molecule has 2 aromatic heterocycles. The summed E-state index contributed by atoms with van der Waals surface area (Å²) in [5, 5.41) is 4.24. The second-order valence-corrected chi connectivity index (χ2v) is 5.54. The molecule has 0 spiro atoms. The highest BCUT2D eigenvalue weighted by Crippen LogP contribution is 2.34. The number of rotatable bonds is 0. The molecule has 0 atom stereocenters. The van der Waals surface area contributed by atoms with Crippen LogP contribution in [0.3, 0.4) is 0 Å². The van der Waals surface area contributed by atoms with E-state index in [0.717, 1.165) is 44.0 Å². The van der Waals surface area contributed by atoms with Crippen LogP contribution >= 0.6 is 0 Å². The van der Waals surface area contributed by atoms with Crippen LogP contribution < -0.4 is 5.63 Å². The van der Waals surface area contributed by atoms with Crippen LogP contribution in [0.4, 0.5) is 0 Å². The summed E-state index contributed by atoms with van der Waals surface area (Å²) < 4.78 is 11.1. The molecule has 0 aliphatic carbocycles. The smallest absolute Gasteiger partial charge is 0.336 e. The first kappa shape index (κ1) is 12.2. The van der Waals surface area contributed by atoms with Crippen LogP contribution in [0.2, 0.25) is 0 Å². The maximum atomic E-state index is 11.6. The van der Waals surface area contributed by atoms with Crippen molar-refractivity contribution in [2.45, 2.75) is 20.8 Å². The molecular formula is C18H14O3. The Morgan fingerprint density at radius 3 is 2.48 bits per heavy atom. The Morgan fingerprint density at radius 1 is 0.857 bits per heavy atom. The van der Waals surface area contributed by atoms with Crippen LogP contribution in [0.1, 0.15) is 16.9 Å². The van der Waals surface area contributed by atoms with Gasteiger partial charge in [0.05, 0.1) is 0 Å². The van der Waals surface area contributed by atoms with E-state index in [-0.39, 0.29) is 5.63 Å². The molecular weight excluding hydrogens is 264 g/mol. The Kier molecular flexibility index (Phi) is 2.31. The molecule has 2 aromatic carbocycles. The third kappa shape index (κ3) is 1.64. The van der Waals surface area contributed by atoms with Crippen LogP contribution in [0.15, 0.2) is 44.0 Å². The molecule has 0 radical (unpaired) electrons. The molecule has 0 saturated heterocycles. The van der Waals surface area contributed by atoms with E-state index in [1.165, 1.54) is 6.07 Å².